The van der Waals surface area contributed by atoms with E-state index in [0.717, 1.165) is 0 Å². The Morgan fingerprint density at radius 2 is 2.00 bits per heavy atom. The highest BCUT2D eigenvalue weighted by Gasteiger charge is 2.27. The number of benzene rings is 1. The summed E-state index contributed by atoms with van der Waals surface area (Å²) < 4.78 is 27.6. The molecule has 1 aromatic heterocycles. The molecule has 7 nitrogen and oxygen atoms in total. The van der Waals surface area contributed by atoms with E-state index in [0.29, 0.717) is 17.9 Å². The lowest BCUT2D eigenvalue weighted by molar-refractivity contribution is 0.484. The Morgan fingerprint density at radius 1 is 1.20 bits per heavy atom. The fraction of sp³-hybridized carbons (Fsp3) is 0.167. The second-order valence-corrected chi connectivity index (χ2v) is 6.22. The van der Waals surface area contributed by atoms with Gasteiger partial charge in [-0.15, -0.1) is 0 Å². The summed E-state index contributed by atoms with van der Waals surface area (Å²) in [5.41, 5.74) is 6.57. The first-order valence-corrected chi connectivity index (χ1v) is 7.44. The number of aliphatic imine (C=N–C) groups is 1. The number of rotatable bonds is 3. The Labute approximate surface area is 116 Å². The number of hydrogen-bond donors (Lipinski definition) is 1. The highest BCUT2D eigenvalue weighted by Crippen LogP contribution is 2.29. The van der Waals surface area contributed by atoms with Crippen LogP contribution in [-0.4, -0.2) is 35.4 Å². The normalized spacial score (nSPS) is 16.1. The fourth-order valence-corrected chi connectivity index (χ4v) is 3.36. The van der Waals surface area contributed by atoms with Crippen molar-refractivity contribution < 1.29 is 8.42 Å². The number of para-hydroxylation sites is 1. The van der Waals surface area contributed by atoms with Crippen LogP contribution < -0.4 is 5.73 Å². The molecule has 0 saturated heterocycles. The molecule has 0 unspecified atom stereocenters. The van der Waals surface area contributed by atoms with Gasteiger partial charge in [-0.3, -0.25) is 8.99 Å². The van der Waals surface area contributed by atoms with Gasteiger partial charge in [0.05, 0.1) is 30.7 Å². The molecule has 0 saturated carbocycles. The maximum atomic E-state index is 12.4. The fourth-order valence-electron chi connectivity index (χ4n) is 1.98. The van der Waals surface area contributed by atoms with Crippen molar-refractivity contribution in [1.29, 1.82) is 0 Å². The first kappa shape index (κ1) is 12.7. The number of sulfonamides is 1. The largest absolute Gasteiger partial charge is 0.396 e. The number of nitrogens with two attached hydrogens (primary N) is 1. The number of nitrogen functional groups attached to an aromatic ring is 1. The average molecular weight is 291 g/mol. The molecule has 2 N–H and O–H groups in total. The number of hydrogen-bond acceptors (Lipinski definition) is 5. The molecule has 0 radical (unpaired) electrons. The molecule has 0 atom stereocenters. The lowest BCUT2D eigenvalue weighted by Gasteiger charge is -2.23. The highest BCUT2D eigenvalue weighted by atomic mass is 32.2. The van der Waals surface area contributed by atoms with Crippen LogP contribution in [0.2, 0.25) is 0 Å². The average Bonchev–Trinajstić information content (AvgIpc) is 2.84. The van der Waals surface area contributed by atoms with Gasteiger partial charge in [0.1, 0.15) is 11.2 Å². The van der Waals surface area contributed by atoms with E-state index < -0.39 is 10.0 Å². The Balaban J connectivity index is 1.82. The molecule has 104 valence electrons. The molecular formula is C12H13N5O2S. The van der Waals surface area contributed by atoms with Crippen molar-refractivity contribution >= 4 is 27.7 Å². The van der Waals surface area contributed by atoms with Crippen LogP contribution in [0.1, 0.15) is 0 Å². The summed E-state index contributed by atoms with van der Waals surface area (Å²) in [7, 11) is -3.53. The summed E-state index contributed by atoms with van der Waals surface area (Å²) in [5.74, 6) is 0. The summed E-state index contributed by atoms with van der Waals surface area (Å²) in [4.78, 5) is 4.38. The van der Waals surface area contributed by atoms with Gasteiger partial charge >= 0.3 is 0 Å². The molecule has 0 bridgehead atoms. The summed E-state index contributed by atoms with van der Waals surface area (Å²) in [6.45, 7) is 0.659. The van der Waals surface area contributed by atoms with Crippen LogP contribution in [0.4, 0.5) is 11.4 Å². The third kappa shape index (κ3) is 2.14. The third-order valence-electron chi connectivity index (χ3n) is 2.98. The van der Waals surface area contributed by atoms with Gasteiger partial charge in [0.2, 0.25) is 0 Å². The van der Waals surface area contributed by atoms with Crippen molar-refractivity contribution in [3.63, 3.8) is 0 Å². The quantitative estimate of drug-likeness (QED) is 0.906. The van der Waals surface area contributed by atoms with E-state index in [9.17, 15) is 8.42 Å². The summed E-state index contributed by atoms with van der Waals surface area (Å²) >= 11 is 0. The van der Waals surface area contributed by atoms with Gasteiger partial charge in [0.15, 0.2) is 0 Å². The maximum Gasteiger partial charge on any atom is 0.267 e. The minimum atomic E-state index is -3.53. The van der Waals surface area contributed by atoms with Gasteiger partial charge in [0, 0.05) is 6.20 Å². The van der Waals surface area contributed by atoms with E-state index in [1.54, 1.807) is 35.1 Å². The molecule has 2 aromatic rings. The zero-order chi connectivity index (χ0) is 14.2. The molecule has 0 fully saturated rings. The van der Waals surface area contributed by atoms with Crippen LogP contribution in [0.25, 0.3) is 0 Å². The first-order valence-electron chi connectivity index (χ1n) is 6.00. The molecule has 0 aliphatic carbocycles. The molecule has 20 heavy (non-hydrogen) atoms. The minimum Gasteiger partial charge on any atom is -0.396 e. The lowest BCUT2D eigenvalue weighted by Crippen LogP contribution is -2.34. The number of nitrogens with zero attached hydrogens (tertiary/aromatic N) is 4. The van der Waals surface area contributed by atoms with Crippen molar-refractivity contribution in [2.75, 3.05) is 12.3 Å². The van der Waals surface area contributed by atoms with E-state index in [-0.39, 0.29) is 11.4 Å². The van der Waals surface area contributed by atoms with Gasteiger partial charge in [0.25, 0.3) is 10.0 Å². The topological polar surface area (TPSA) is 93.6 Å². The van der Waals surface area contributed by atoms with Crippen molar-refractivity contribution in [3.05, 3.63) is 36.7 Å². The number of fused-ring (bicyclic) bond motifs is 1. The first-order chi connectivity index (χ1) is 9.57. The van der Waals surface area contributed by atoms with Gasteiger partial charge in [-0.25, -0.2) is 13.4 Å². The van der Waals surface area contributed by atoms with Crippen LogP contribution in [-0.2, 0) is 16.6 Å². The summed E-state index contributed by atoms with van der Waals surface area (Å²) in [6, 6.07) is 6.67. The number of anilines is 1. The van der Waals surface area contributed by atoms with Gasteiger partial charge in [-0.05, 0) is 12.1 Å². The van der Waals surface area contributed by atoms with Crippen LogP contribution in [0.15, 0.2) is 46.5 Å². The van der Waals surface area contributed by atoms with Crippen LogP contribution in [0.3, 0.4) is 0 Å². The highest BCUT2D eigenvalue weighted by molar-refractivity contribution is 7.89. The molecule has 1 aromatic carbocycles. The van der Waals surface area contributed by atoms with Gasteiger partial charge in [-0.1, -0.05) is 12.1 Å². The van der Waals surface area contributed by atoms with E-state index in [1.807, 2.05) is 0 Å². The summed E-state index contributed by atoms with van der Waals surface area (Å²) in [6.07, 6.45) is 4.51. The van der Waals surface area contributed by atoms with E-state index in [1.165, 1.54) is 16.8 Å². The standard InChI is InChI=1S/C12H13N5O2S/c13-10-7-15-16(8-10)5-6-17-9-14-11-3-1-2-4-12(11)20(17,18)19/h1-4,7-9H,5-6,13H2. The second kappa shape index (κ2) is 4.64. The van der Waals surface area contributed by atoms with Gasteiger partial charge < -0.3 is 5.73 Å². The lowest BCUT2D eigenvalue weighted by atomic mass is 10.3. The molecule has 8 heteroatoms. The zero-order valence-corrected chi connectivity index (χ0v) is 11.4. The van der Waals surface area contributed by atoms with Gasteiger partial charge in [-0.2, -0.15) is 5.10 Å². The third-order valence-corrected chi connectivity index (χ3v) is 4.78. The van der Waals surface area contributed by atoms with Crippen molar-refractivity contribution in [2.24, 2.45) is 4.99 Å². The van der Waals surface area contributed by atoms with Crippen molar-refractivity contribution in [3.8, 4) is 0 Å². The minimum absolute atomic E-state index is 0.225. The zero-order valence-electron chi connectivity index (χ0n) is 10.5. The smallest absolute Gasteiger partial charge is 0.267 e. The monoisotopic (exact) mass is 291 g/mol. The SMILES string of the molecule is Nc1cnn(CCN2C=Nc3ccccc3S2(=O)=O)c1. The molecule has 0 amide bonds. The van der Waals surface area contributed by atoms with Crippen LogP contribution >= 0.6 is 0 Å². The van der Waals surface area contributed by atoms with E-state index in [4.69, 9.17) is 5.73 Å². The molecule has 1 aliphatic heterocycles. The van der Waals surface area contributed by atoms with Crippen molar-refractivity contribution in [1.82, 2.24) is 14.1 Å². The maximum absolute atomic E-state index is 12.4. The Hall–Kier alpha value is -2.35. The Kier molecular flexibility index (Phi) is 2.94. The predicted octanol–water partition coefficient (Wildman–Crippen LogP) is 0.830. The van der Waals surface area contributed by atoms with Crippen molar-refractivity contribution in [2.45, 2.75) is 11.4 Å². The van der Waals surface area contributed by atoms with Crippen LogP contribution in [0.5, 0.6) is 0 Å². The molecule has 2 heterocycles. The Morgan fingerprint density at radius 3 is 2.75 bits per heavy atom. The van der Waals surface area contributed by atoms with Crippen LogP contribution in [0, 0.1) is 0 Å². The molecule has 0 spiro atoms. The number of aromatic nitrogens is 2. The second-order valence-electron chi connectivity index (χ2n) is 4.36. The molecule has 1 aliphatic rings. The van der Waals surface area contributed by atoms with E-state index >= 15 is 0 Å². The predicted molar refractivity (Wildman–Crippen MR) is 75.1 cm³/mol. The molecular weight excluding hydrogens is 278 g/mol. The van der Waals surface area contributed by atoms with E-state index in [2.05, 4.69) is 10.1 Å². The molecule has 3 rings (SSSR count). The Bertz CT molecular complexity index is 766. The summed E-state index contributed by atoms with van der Waals surface area (Å²) in [5, 5.41) is 4.02.